The van der Waals surface area contributed by atoms with Gasteiger partial charge in [0.1, 0.15) is 13.2 Å². The first-order valence-electron chi connectivity index (χ1n) is 30.7. The van der Waals surface area contributed by atoms with Crippen LogP contribution in [0.3, 0.4) is 0 Å². The summed E-state index contributed by atoms with van der Waals surface area (Å²) >= 11 is 0. The average molecular weight is 962 g/mol. The highest BCUT2D eigenvalue weighted by molar-refractivity contribution is 5.71. The maximum Gasteiger partial charge on any atom is 0.306 e. The summed E-state index contributed by atoms with van der Waals surface area (Å²) in [6, 6.07) is 0. The fourth-order valence-electron chi connectivity index (χ4n) is 9.58. The first-order valence-corrected chi connectivity index (χ1v) is 30.7. The minimum absolute atomic E-state index is 0.0623. The number of esters is 3. The molecule has 0 aromatic carbocycles. The molecule has 0 bridgehead atoms. The molecule has 0 unspecified atom stereocenters. The van der Waals surface area contributed by atoms with Gasteiger partial charge in [-0.2, -0.15) is 0 Å². The van der Waals surface area contributed by atoms with Gasteiger partial charge in [-0.05, 0) is 31.1 Å². The van der Waals surface area contributed by atoms with E-state index >= 15 is 0 Å². The van der Waals surface area contributed by atoms with Crippen molar-refractivity contribution < 1.29 is 28.6 Å². The van der Waals surface area contributed by atoms with E-state index in [1.165, 1.54) is 238 Å². The minimum atomic E-state index is -0.763. The van der Waals surface area contributed by atoms with Crippen LogP contribution in [0.2, 0.25) is 0 Å². The maximum absolute atomic E-state index is 12.9. The van der Waals surface area contributed by atoms with Crippen LogP contribution in [0.1, 0.15) is 349 Å². The van der Waals surface area contributed by atoms with Gasteiger partial charge in [0.05, 0.1) is 0 Å². The van der Waals surface area contributed by atoms with Crippen molar-refractivity contribution in [1.29, 1.82) is 0 Å². The summed E-state index contributed by atoms with van der Waals surface area (Å²) in [5.74, 6) is 0.835. The Hall–Kier alpha value is -1.59. The van der Waals surface area contributed by atoms with E-state index in [2.05, 4.69) is 34.6 Å². The number of hydrogen-bond acceptors (Lipinski definition) is 6. The molecular weight excluding hydrogens is 841 g/mol. The Kier molecular flexibility index (Phi) is 53.5. The zero-order valence-electron chi connectivity index (χ0n) is 46.7. The van der Waals surface area contributed by atoms with Crippen molar-refractivity contribution in [3.63, 3.8) is 0 Å². The third-order valence-corrected chi connectivity index (χ3v) is 14.2. The monoisotopic (exact) mass is 961 g/mol. The second-order valence-corrected chi connectivity index (χ2v) is 22.3. The van der Waals surface area contributed by atoms with Crippen LogP contribution in [-0.4, -0.2) is 37.2 Å². The molecular formula is C62H120O6. The van der Waals surface area contributed by atoms with Gasteiger partial charge in [0.2, 0.25) is 0 Å². The largest absolute Gasteiger partial charge is 0.462 e. The predicted octanol–water partition coefficient (Wildman–Crippen LogP) is 20.4. The Morgan fingerprint density at radius 1 is 0.279 bits per heavy atom. The molecule has 0 amide bonds. The standard InChI is InChI=1S/C62H120O6/c1-6-7-8-9-10-11-12-13-14-15-16-17-18-22-27-32-37-42-47-52-60(63)66-55-59(56-67-61(64)53-48-43-38-33-29-24-26-31-36-41-46-51-58(4)5)68-62(65)54-49-44-39-34-28-23-20-19-21-25-30-35-40-45-50-57(2)3/h57-59H,6-56H2,1-5H3/t59-/m1/s1. The SMILES string of the molecule is CCCCCCCCCCCCCCCCCCCCCC(=O)OC[C@H](COC(=O)CCCCCCCCCCCCCC(C)C)OC(=O)CCCCCCCCCCCCCCCCC(C)C. The second kappa shape index (κ2) is 54.7. The number of carbonyl (C=O) groups is 3. The van der Waals surface area contributed by atoms with Crippen molar-refractivity contribution >= 4 is 17.9 Å². The van der Waals surface area contributed by atoms with E-state index in [9.17, 15) is 14.4 Å². The van der Waals surface area contributed by atoms with Gasteiger partial charge in [-0.1, -0.05) is 311 Å². The van der Waals surface area contributed by atoms with Gasteiger partial charge in [-0.3, -0.25) is 14.4 Å². The smallest absolute Gasteiger partial charge is 0.306 e. The zero-order chi connectivity index (χ0) is 49.6. The Labute approximate surface area is 425 Å². The van der Waals surface area contributed by atoms with Gasteiger partial charge < -0.3 is 14.2 Å². The lowest BCUT2D eigenvalue weighted by Gasteiger charge is -2.18. The Morgan fingerprint density at radius 2 is 0.485 bits per heavy atom. The lowest BCUT2D eigenvalue weighted by molar-refractivity contribution is -0.167. The van der Waals surface area contributed by atoms with Crippen LogP contribution >= 0.6 is 0 Å². The van der Waals surface area contributed by atoms with E-state index in [1.54, 1.807) is 0 Å². The van der Waals surface area contributed by atoms with Crippen molar-refractivity contribution in [1.82, 2.24) is 0 Å². The van der Waals surface area contributed by atoms with Gasteiger partial charge in [-0.25, -0.2) is 0 Å². The Balaban J connectivity index is 4.28. The highest BCUT2D eigenvalue weighted by atomic mass is 16.6. The van der Waals surface area contributed by atoms with Crippen molar-refractivity contribution in [2.45, 2.75) is 355 Å². The number of unbranched alkanes of at least 4 members (excludes halogenated alkanes) is 41. The fraction of sp³-hybridized carbons (Fsp3) is 0.952. The quantitative estimate of drug-likeness (QED) is 0.0343. The molecule has 6 heteroatoms. The molecule has 0 saturated heterocycles. The third kappa shape index (κ3) is 55.3. The molecule has 0 aliphatic rings. The van der Waals surface area contributed by atoms with Crippen molar-refractivity contribution in [2.24, 2.45) is 11.8 Å². The highest BCUT2D eigenvalue weighted by Gasteiger charge is 2.19. The third-order valence-electron chi connectivity index (χ3n) is 14.2. The van der Waals surface area contributed by atoms with Crippen LogP contribution in [0.25, 0.3) is 0 Å². The summed E-state index contributed by atoms with van der Waals surface area (Å²) in [7, 11) is 0. The molecule has 0 N–H and O–H groups in total. The van der Waals surface area contributed by atoms with Crippen LogP contribution in [0.5, 0.6) is 0 Å². The van der Waals surface area contributed by atoms with Gasteiger partial charge in [0.15, 0.2) is 6.10 Å². The molecule has 0 rings (SSSR count). The Bertz CT molecular complexity index is 1040. The molecule has 0 spiro atoms. The minimum Gasteiger partial charge on any atom is -0.462 e. The topological polar surface area (TPSA) is 78.9 Å². The molecule has 0 aliphatic carbocycles. The predicted molar refractivity (Wildman–Crippen MR) is 293 cm³/mol. The first-order chi connectivity index (χ1) is 33.2. The van der Waals surface area contributed by atoms with Gasteiger partial charge in [-0.15, -0.1) is 0 Å². The molecule has 0 saturated carbocycles. The normalized spacial score (nSPS) is 12.0. The van der Waals surface area contributed by atoms with Gasteiger partial charge in [0, 0.05) is 19.3 Å². The number of hydrogen-bond donors (Lipinski definition) is 0. The second-order valence-electron chi connectivity index (χ2n) is 22.3. The molecule has 1 atom stereocenters. The van der Waals surface area contributed by atoms with Crippen LogP contribution in [0.4, 0.5) is 0 Å². The molecule has 0 fully saturated rings. The summed E-state index contributed by atoms with van der Waals surface area (Å²) in [6.07, 6.45) is 59.6. The Morgan fingerprint density at radius 3 is 0.721 bits per heavy atom. The average Bonchev–Trinajstić information content (AvgIpc) is 3.31. The number of carbonyl (C=O) groups excluding carboxylic acids is 3. The summed E-state index contributed by atoms with van der Waals surface area (Å²) < 4.78 is 16.9. The van der Waals surface area contributed by atoms with Crippen LogP contribution in [0.15, 0.2) is 0 Å². The lowest BCUT2D eigenvalue weighted by atomic mass is 10.0. The molecule has 6 nitrogen and oxygen atoms in total. The van der Waals surface area contributed by atoms with Gasteiger partial charge in [0.25, 0.3) is 0 Å². The molecule has 0 aliphatic heterocycles. The summed E-state index contributed by atoms with van der Waals surface area (Å²) in [6.45, 7) is 11.4. The summed E-state index contributed by atoms with van der Waals surface area (Å²) in [5, 5.41) is 0. The van der Waals surface area contributed by atoms with E-state index in [0.717, 1.165) is 69.6 Å². The van der Waals surface area contributed by atoms with E-state index in [1.807, 2.05) is 0 Å². The van der Waals surface area contributed by atoms with Gasteiger partial charge >= 0.3 is 17.9 Å². The van der Waals surface area contributed by atoms with Crippen molar-refractivity contribution in [2.75, 3.05) is 13.2 Å². The lowest BCUT2D eigenvalue weighted by Crippen LogP contribution is -2.30. The molecule has 0 aromatic rings. The van der Waals surface area contributed by atoms with Crippen molar-refractivity contribution in [3.05, 3.63) is 0 Å². The molecule has 0 radical (unpaired) electrons. The first kappa shape index (κ1) is 66.4. The van der Waals surface area contributed by atoms with E-state index < -0.39 is 6.10 Å². The summed E-state index contributed by atoms with van der Waals surface area (Å²) in [4.78, 5) is 38.2. The molecule has 0 aromatic heterocycles. The fourth-order valence-corrected chi connectivity index (χ4v) is 9.58. The maximum atomic E-state index is 12.9. The van der Waals surface area contributed by atoms with Crippen LogP contribution in [-0.2, 0) is 28.6 Å². The van der Waals surface area contributed by atoms with E-state index in [0.29, 0.717) is 19.3 Å². The molecule has 68 heavy (non-hydrogen) atoms. The number of rotatable bonds is 56. The molecule has 404 valence electrons. The zero-order valence-corrected chi connectivity index (χ0v) is 46.7. The van der Waals surface area contributed by atoms with Crippen LogP contribution < -0.4 is 0 Å². The highest BCUT2D eigenvalue weighted by Crippen LogP contribution is 2.19. The molecule has 0 heterocycles. The van der Waals surface area contributed by atoms with E-state index in [4.69, 9.17) is 14.2 Å². The van der Waals surface area contributed by atoms with Crippen molar-refractivity contribution in [3.8, 4) is 0 Å². The number of ether oxygens (including phenoxy) is 3. The van der Waals surface area contributed by atoms with E-state index in [-0.39, 0.29) is 31.1 Å². The summed E-state index contributed by atoms with van der Waals surface area (Å²) in [5.41, 5.74) is 0. The van der Waals surface area contributed by atoms with Crippen LogP contribution in [0, 0.1) is 11.8 Å².